The van der Waals surface area contributed by atoms with E-state index in [0.717, 1.165) is 44.2 Å². The van der Waals surface area contributed by atoms with Crippen molar-refractivity contribution in [3.05, 3.63) is 44.0 Å². The highest BCUT2D eigenvalue weighted by atomic mass is 16.7. The molecular weight excluding hydrogens is 362 g/mol. The van der Waals surface area contributed by atoms with Crippen molar-refractivity contribution in [2.24, 2.45) is 10.7 Å². The van der Waals surface area contributed by atoms with Gasteiger partial charge in [0, 0.05) is 12.1 Å². The summed E-state index contributed by atoms with van der Waals surface area (Å²) in [5.74, 6) is 0. The highest BCUT2D eigenvalue weighted by molar-refractivity contribution is 5.75. The summed E-state index contributed by atoms with van der Waals surface area (Å²) in [7, 11) is 0. The molecule has 0 spiro atoms. The number of nitro benzene ring substituents is 2. The average Bonchev–Trinajstić information content (AvgIpc) is 2.64. The average molecular weight is 381 g/mol. The summed E-state index contributed by atoms with van der Waals surface area (Å²) in [4.78, 5) is 40.4. The Morgan fingerprint density at radius 3 is 2.30 bits per heavy atom. The molecule has 12 nitrogen and oxygen atoms in total. The smallest absolute Gasteiger partial charge is 0.428 e. The summed E-state index contributed by atoms with van der Waals surface area (Å²) < 4.78 is 5.36. The molecule has 0 aliphatic heterocycles. The predicted molar refractivity (Wildman–Crippen MR) is 92.7 cm³/mol. The maximum absolute atomic E-state index is 11.2. The van der Waals surface area contributed by atoms with Crippen molar-refractivity contribution in [2.45, 2.75) is 44.8 Å². The van der Waals surface area contributed by atoms with E-state index in [1.54, 1.807) is 0 Å². The van der Waals surface area contributed by atoms with Crippen LogP contribution in [0.3, 0.4) is 0 Å². The first kappa shape index (κ1) is 19.9. The molecule has 1 aromatic carbocycles. The molecule has 12 heteroatoms. The molecule has 0 radical (unpaired) electrons. The Bertz CT molecular complexity index is 714. The third-order valence-corrected chi connectivity index (χ3v) is 3.99. The summed E-state index contributed by atoms with van der Waals surface area (Å²) in [6.07, 6.45) is 3.52. The number of ether oxygens (including phenoxy) is 1. The Morgan fingerprint density at radius 2 is 1.78 bits per heavy atom. The number of carbonyl (C=O) groups excluding carboxylic acids is 1. The molecule has 27 heavy (non-hydrogen) atoms. The van der Waals surface area contributed by atoms with Crippen LogP contribution in [0.5, 0.6) is 0 Å². The predicted octanol–water partition coefficient (Wildman–Crippen LogP) is 2.31. The maximum Gasteiger partial charge on any atom is 0.428 e. The van der Waals surface area contributed by atoms with Crippen molar-refractivity contribution < 1.29 is 24.2 Å². The number of nitro groups is 2. The lowest BCUT2D eigenvalue weighted by atomic mass is 9.96. The summed E-state index contributed by atoms with van der Waals surface area (Å²) in [6.45, 7) is -0.520. The van der Waals surface area contributed by atoms with E-state index >= 15 is 0 Å². The number of nitrogens with zero attached hydrogens (tertiary/aromatic N) is 3. The van der Waals surface area contributed by atoms with Gasteiger partial charge in [-0.3, -0.25) is 20.2 Å². The number of amides is 1. The molecule has 0 bridgehead atoms. The van der Waals surface area contributed by atoms with Crippen molar-refractivity contribution >= 4 is 23.5 Å². The van der Waals surface area contributed by atoms with Gasteiger partial charge in [0.15, 0.2) is 0 Å². The van der Waals surface area contributed by atoms with Crippen molar-refractivity contribution in [1.29, 1.82) is 0 Å². The molecule has 1 amide bonds. The van der Waals surface area contributed by atoms with Gasteiger partial charge in [-0.1, -0.05) is 19.3 Å². The van der Waals surface area contributed by atoms with Crippen molar-refractivity contribution in [2.75, 3.05) is 0 Å². The third-order valence-electron chi connectivity index (χ3n) is 3.99. The first-order chi connectivity index (χ1) is 12.9. The second-order valence-corrected chi connectivity index (χ2v) is 5.83. The first-order valence-corrected chi connectivity index (χ1v) is 8.22. The second kappa shape index (κ2) is 9.31. The molecule has 0 heterocycles. The number of amidine groups is 1. The number of nitrogens with two attached hydrogens (primary N) is 1. The molecule has 0 atom stereocenters. The SMILES string of the molecule is NC(=O)ONC(=NC1CCCCC1)OCc1c([N+](=O)[O-])cccc1[N+](=O)[O-]. The van der Waals surface area contributed by atoms with Gasteiger partial charge in [-0.2, -0.15) is 5.48 Å². The fraction of sp³-hybridized carbons (Fsp3) is 0.467. The van der Waals surface area contributed by atoms with Gasteiger partial charge in [-0.05, 0) is 18.9 Å². The summed E-state index contributed by atoms with van der Waals surface area (Å²) in [6, 6.07) is 3.17. The number of rotatable bonds is 5. The maximum atomic E-state index is 11.2. The summed E-state index contributed by atoms with van der Waals surface area (Å²) in [5.41, 5.74) is 5.89. The van der Waals surface area contributed by atoms with E-state index < -0.39 is 33.9 Å². The zero-order chi connectivity index (χ0) is 19.8. The normalized spacial score (nSPS) is 15.0. The van der Waals surface area contributed by atoms with Gasteiger partial charge in [0.25, 0.3) is 11.4 Å². The van der Waals surface area contributed by atoms with Gasteiger partial charge in [0.2, 0.25) is 0 Å². The van der Waals surface area contributed by atoms with Gasteiger partial charge in [0.1, 0.15) is 12.2 Å². The Hall–Kier alpha value is -3.44. The minimum atomic E-state index is -1.13. The van der Waals surface area contributed by atoms with Crippen LogP contribution in [0.1, 0.15) is 37.7 Å². The number of carbonyl (C=O) groups is 1. The third kappa shape index (κ3) is 5.80. The zero-order valence-electron chi connectivity index (χ0n) is 14.3. The number of hydroxylamine groups is 1. The highest BCUT2D eigenvalue weighted by Crippen LogP contribution is 2.29. The summed E-state index contributed by atoms with van der Waals surface area (Å²) >= 11 is 0. The fourth-order valence-electron chi connectivity index (χ4n) is 2.76. The number of benzene rings is 1. The number of hydrogen-bond acceptors (Lipinski definition) is 8. The standard InChI is InChI=1S/C15H19N5O7/c16-14(21)27-18-15(17-10-5-2-1-3-6-10)26-9-11-12(19(22)23)7-4-8-13(11)20(24)25/h4,7-8,10H,1-3,5-6,9H2,(H2,16,21)(H,17,18). The lowest BCUT2D eigenvalue weighted by Crippen LogP contribution is -2.33. The van der Waals surface area contributed by atoms with E-state index in [0.29, 0.717) is 0 Å². The summed E-state index contributed by atoms with van der Waals surface area (Å²) in [5, 5.41) is 22.3. The monoisotopic (exact) mass is 381 g/mol. The van der Waals surface area contributed by atoms with Gasteiger partial charge in [-0.15, -0.1) is 0 Å². The van der Waals surface area contributed by atoms with E-state index in [4.69, 9.17) is 10.5 Å². The van der Waals surface area contributed by atoms with Crippen LogP contribution in [0, 0.1) is 20.2 Å². The molecule has 0 unspecified atom stereocenters. The van der Waals surface area contributed by atoms with Crippen LogP contribution in [0.15, 0.2) is 23.2 Å². The fourth-order valence-corrected chi connectivity index (χ4v) is 2.76. The van der Waals surface area contributed by atoms with Crippen molar-refractivity contribution in [3.8, 4) is 0 Å². The Kier molecular flexibility index (Phi) is 6.86. The zero-order valence-corrected chi connectivity index (χ0v) is 14.3. The minimum Gasteiger partial charge on any atom is -0.458 e. The van der Waals surface area contributed by atoms with E-state index in [-0.39, 0.29) is 17.6 Å². The Balaban J connectivity index is 2.22. The van der Waals surface area contributed by atoms with Gasteiger partial charge in [0.05, 0.1) is 15.9 Å². The van der Waals surface area contributed by atoms with Crippen LogP contribution in [0.25, 0.3) is 0 Å². The van der Waals surface area contributed by atoms with Crippen LogP contribution in [0.2, 0.25) is 0 Å². The van der Waals surface area contributed by atoms with Crippen LogP contribution in [-0.4, -0.2) is 28.0 Å². The van der Waals surface area contributed by atoms with E-state index in [2.05, 4.69) is 15.3 Å². The van der Waals surface area contributed by atoms with Crippen LogP contribution in [-0.2, 0) is 16.2 Å². The molecule has 2 rings (SSSR count). The quantitative estimate of drug-likeness (QED) is 0.338. The largest absolute Gasteiger partial charge is 0.458 e. The molecule has 146 valence electrons. The molecule has 3 N–H and O–H groups in total. The topological polar surface area (TPSA) is 172 Å². The first-order valence-electron chi connectivity index (χ1n) is 8.22. The lowest BCUT2D eigenvalue weighted by Gasteiger charge is -2.19. The van der Waals surface area contributed by atoms with Crippen LogP contribution >= 0.6 is 0 Å². The molecular formula is C15H19N5O7. The highest BCUT2D eigenvalue weighted by Gasteiger charge is 2.26. The number of primary amides is 1. The Morgan fingerprint density at radius 1 is 1.19 bits per heavy atom. The molecule has 1 aromatic rings. The molecule has 0 aromatic heterocycles. The number of hydrogen-bond donors (Lipinski definition) is 2. The van der Waals surface area contributed by atoms with Crippen molar-refractivity contribution in [3.63, 3.8) is 0 Å². The minimum absolute atomic E-state index is 0.0847. The van der Waals surface area contributed by atoms with Gasteiger partial charge < -0.3 is 15.3 Å². The number of nitrogens with one attached hydrogen (secondary N) is 1. The molecule has 1 saturated carbocycles. The van der Waals surface area contributed by atoms with Crippen molar-refractivity contribution in [1.82, 2.24) is 5.48 Å². The lowest BCUT2D eigenvalue weighted by molar-refractivity contribution is -0.396. The van der Waals surface area contributed by atoms with Crippen LogP contribution < -0.4 is 11.2 Å². The van der Waals surface area contributed by atoms with E-state index in [9.17, 15) is 25.0 Å². The van der Waals surface area contributed by atoms with Gasteiger partial charge >= 0.3 is 12.1 Å². The number of aliphatic imine (C=N–C) groups is 1. The van der Waals surface area contributed by atoms with Gasteiger partial charge in [-0.25, -0.2) is 9.79 Å². The molecule has 1 aliphatic carbocycles. The van der Waals surface area contributed by atoms with E-state index in [1.807, 2.05) is 0 Å². The molecule has 0 saturated heterocycles. The van der Waals surface area contributed by atoms with E-state index in [1.165, 1.54) is 6.07 Å². The molecule has 1 fully saturated rings. The second-order valence-electron chi connectivity index (χ2n) is 5.83. The van der Waals surface area contributed by atoms with Crippen LogP contribution in [0.4, 0.5) is 16.2 Å². The Labute approximate surface area is 153 Å². The molecule has 1 aliphatic rings.